The van der Waals surface area contributed by atoms with Gasteiger partial charge in [0.1, 0.15) is 17.2 Å². The summed E-state index contributed by atoms with van der Waals surface area (Å²) < 4.78 is 10.8. The number of carbonyl (C=O) groups is 3. The monoisotopic (exact) mass is 586 g/mol. The topological polar surface area (TPSA) is 93.7 Å². The molecule has 9 heteroatoms. The molecule has 7 nitrogen and oxygen atoms in total. The summed E-state index contributed by atoms with van der Waals surface area (Å²) in [5.41, 5.74) is 1.94. The summed E-state index contributed by atoms with van der Waals surface area (Å²) in [5, 5.41) is 5.96. The van der Waals surface area contributed by atoms with Crippen molar-refractivity contribution in [2.24, 2.45) is 0 Å². The van der Waals surface area contributed by atoms with Gasteiger partial charge in [-0.3, -0.25) is 14.4 Å². The maximum Gasteiger partial charge on any atom is 0.272 e. The fourth-order valence-corrected chi connectivity index (χ4v) is 4.82. The van der Waals surface area contributed by atoms with E-state index in [2.05, 4.69) is 10.6 Å². The minimum absolute atomic E-state index is 0.00851. The predicted molar refractivity (Wildman–Crippen MR) is 163 cm³/mol. The molecule has 0 aliphatic carbocycles. The number of hydrogen-bond acceptors (Lipinski definition) is 6. The Morgan fingerprint density at radius 2 is 1.56 bits per heavy atom. The molecule has 0 atom stereocenters. The third-order valence-corrected chi connectivity index (χ3v) is 7.26. The average molecular weight is 587 g/mol. The number of thioether (sulfide) groups is 1. The maximum absolute atomic E-state index is 13.4. The van der Waals surface area contributed by atoms with Crippen molar-refractivity contribution in [3.05, 3.63) is 124 Å². The molecule has 4 rings (SSSR count). The molecule has 0 aromatic heterocycles. The average Bonchev–Trinajstić information content (AvgIpc) is 3.00. The largest absolute Gasteiger partial charge is 0.497 e. The number of Topliss-reactive ketones (excluding diaryl/α,β-unsaturated/α-hetero) is 1. The number of benzene rings is 4. The number of nitrogens with one attached hydrogen (secondary N) is 2. The summed E-state index contributed by atoms with van der Waals surface area (Å²) >= 11 is 7.50. The minimum atomic E-state index is -0.534. The Hall–Kier alpha value is -4.53. The Bertz CT molecular complexity index is 1570. The zero-order valence-electron chi connectivity index (χ0n) is 22.3. The van der Waals surface area contributed by atoms with Gasteiger partial charge in [0.25, 0.3) is 11.8 Å². The molecule has 41 heavy (non-hydrogen) atoms. The molecule has 0 aliphatic rings. The predicted octanol–water partition coefficient (Wildman–Crippen LogP) is 6.74. The van der Waals surface area contributed by atoms with Gasteiger partial charge in [-0.2, -0.15) is 0 Å². The van der Waals surface area contributed by atoms with Crippen LogP contribution in [0.5, 0.6) is 11.5 Å². The van der Waals surface area contributed by atoms with E-state index in [4.69, 9.17) is 21.1 Å². The SMILES string of the molecule is COc1ccc(OC)c(/C=C(\NC(=O)c2ccccc2)C(=O)Nc2ccc(SCC(=O)c3ccccc3Cl)cc2)c1. The van der Waals surface area contributed by atoms with E-state index in [0.717, 1.165) is 4.90 Å². The molecule has 4 aromatic rings. The highest BCUT2D eigenvalue weighted by Gasteiger charge is 2.17. The van der Waals surface area contributed by atoms with Gasteiger partial charge in [-0.1, -0.05) is 41.9 Å². The number of anilines is 1. The van der Waals surface area contributed by atoms with Crippen molar-refractivity contribution in [2.75, 3.05) is 25.3 Å². The summed E-state index contributed by atoms with van der Waals surface area (Å²) in [6.45, 7) is 0. The second-order valence-corrected chi connectivity index (χ2v) is 10.1. The van der Waals surface area contributed by atoms with Gasteiger partial charge in [-0.05, 0) is 72.8 Å². The molecular formula is C32H27ClN2O5S. The van der Waals surface area contributed by atoms with E-state index in [0.29, 0.717) is 38.9 Å². The first-order chi connectivity index (χ1) is 19.9. The minimum Gasteiger partial charge on any atom is -0.497 e. The first-order valence-electron chi connectivity index (χ1n) is 12.5. The van der Waals surface area contributed by atoms with Gasteiger partial charge in [0, 0.05) is 27.3 Å². The zero-order valence-corrected chi connectivity index (χ0v) is 23.9. The van der Waals surface area contributed by atoms with Gasteiger partial charge >= 0.3 is 0 Å². The molecule has 0 aliphatic heterocycles. The summed E-state index contributed by atoms with van der Waals surface area (Å²) in [7, 11) is 3.05. The fraction of sp³-hybridized carbons (Fsp3) is 0.0938. The highest BCUT2D eigenvalue weighted by molar-refractivity contribution is 8.00. The van der Waals surface area contributed by atoms with Crippen LogP contribution in [0.4, 0.5) is 5.69 Å². The summed E-state index contributed by atoms with van der Waals surface area (Å²) in [4.78, 5) is 39.7. The van der Waals surface area contributed by atoms with Crippen LogP contribution in [0.15, 0.2) is 108 Å². The first kappa shape index (κ1) is 29.5. The van der Waals surface area contributed by atoms with E-state index in [1.54, 1.807) is 97.1 Å². The molecule has 0 saturated carbocycles. The van der Waals surface area contributed by atoms with E-state index in [-0.39, 0.29) is 17.2 Å². The second-order valence-electron chi connectivity index (χ2n) is 8.66. The van der Waals surface area contributed by atoms with E-state index in [1.165, 1.54) is 32.1 Å². The van der Waals surface area contributed by atoms with Crippen LogP contribution in [0, 0.1) is 0 Å². The van der Waals surface area contributed by atoms with Gasteiger partial charge in [0.15, 0.2) is 5.78 Å². The second kappa shape index (κ2) is 14.2. The number of halogens is 1. The van der Waals surface area contributed by atoms with Crippen molar-refractivity contribution >= 4 is 52.7 Å². The van der Waals surface area contributed by atoms with E-state index in [1.807, 2.05) is 0 Å². The van der Waals surface area contributed by atoms with E-state index >= 15 is 0 Å². The molecule has 2 N–H and O–H groups in total. The number of methoxy groups -OCH3 is 2. The summed E-state index contributed by atoms with van der Waals surface area (Å²) in [5.74, 6) is 0.230. The number of rotatable bonds is 11. The number of ether oxygens (including phenoxy) is 2. The quantitative estimate of drug-likeness (QED) is 0.115. The van der Waals surface area contributed by atoms with Crippen molar-refractivity contribution in [2.45, 2.75) is 4.90 Å². The Labute approximate surface area is 247 Å². The van der Waals surface area contributed by atoms with Crippen LogP contribution in [0.1, 0.15) is 26.3 Å². The Morgan fingerprint density at radius 3 is 2.24 bits per heavy atom. The van der Waals surface area contributed by atoms with Crippen molar-refractivity contribution in [1.82, 2.24) is 5.32 Å². The van der Waals surface area contributed by atoms with Crippen LogP contribution in [-0.2, 0) is 4.79 Å². The van der Waals surface area contributed by atoms with Gasteiger partial charge in [-0.15, -0.1) is 11.8 Å². The lowest BCUT2D eigenvalue weighted by Gasteiger charge is -2.13. The zero-order chi connectivity index (χ0) is 29.2. The molecule has 4 aromatic carbocycles. The Balaban J connectivity index is 1.51. The van der Waals surface area contributed by atoms with Gasteiger partial charge < -0.3 is 20.1 Å². The number of amides is 2. The van der Waals surface area contributed by atoms with Gasteiger partial charge in [0.05, 0.1) is 25.0 Å². The summed E-state index contributed by atoms with van der Waals surface area (Å²) in [6.07, 6.45) is 1.53. The van der Waals surface area contributed by atoms with Crippen molar-refractivity contribution in [3.8, 4) is 11.5 Å². The molecule has 208 valence electrons. The maximum atomic E-state index is 13.4. The third-order valence-electron chi connectivity index (χ3n) is 5.92. The van der Waals surface area contributed by atoms with Gasteiger partial charge in [0.2, 0.25) is 0 Å². The highest BCUT2D eigenvalue weighted by Crippen LogP contribution is 2.27. The lowest BCUT2D eigenvalue weighted by molar-refractivity contribution is -0.113. The molecule has 0 radical (unpaired) electrons. The Morgan fingerprint density at radius 1 is 0.854 bits per heavy atom. The molecule has 0 bridgehead atoms. The smallest absolute Gasteiger partial charge is 0.272 e. The number of carbonyl (C=O) groups excluding carboxylic acids is 3. The van der Waals surface area contributed by atoms with Crippen LogP contribution in [-0.4, -0.2) is 37.6 Å². The summed E-state index contributed by atoms with van der Waals surface area (Å²) in [6, 6.07) is 27.7. The van der Waals surface area contributed by atoms with Crippen LogP contribution < -0.4 is 20.1 Å². The highest BCUT2D eigenvalue weighted by atomic mass is 35.5. The fourth-order valence-electron chi connectivity index (χ4n) is 3.80. The standard InChI is InChI=1S/C32H27ClN2O5S/c1-39-24-14-17-30(40-2)22(18-24)19-28(35-31(37)21-8-4-3-5-9-21)32(38)34-23-12-15-25(16-13-23)41-20-29(36)26-10-6-7-11-27(26)33/h3-19H,20H2,1-2H3,(H,34,38)(H,35,37)/b28-19-. The molecule has 0 unspecified atom stereocenters. The molecule has 2 amide bonds. The normalized spacial score (nSPS) is 11.0. The molecule has 0 heterocycles. The molecule has 0 fully saturated rings. The molecule has 0 spiro atoms. The van der Waals surface area contributed by atoms with E-state index < -0.39 is 11.8 Å². The molecular weight excluding hydrogens is 560 g/mol. The Kier molecular flexibility index (Phi) is 10.2. The van der Waals surface area contributed by atoms with Crippen molar-refractivity contribution in [1.29, 1.82) is 0 Å². The van der Waals surface area contributed by atoms with Crippen molar-refractivity contribution < 1.29 is 23.9 Å². The number of hydrogen-bond donors (Lipinski definition) is 2. The first-order valence-corrected chi connectivity index (χ1v) is 13.9. The third kappa shape index (κ3) is 8.00. The van der Waals surface area contributed by atoms with Crippen LogP contribution in [0.3, 0.4) is 0 Å². The van der Waals surface area contributed by atoms with E-state index in [9.17, 15) is 14.4 Å². The number of ketones is 1. The van der Waals surface area contributed by atoms with Crippen LogP contribution in [0.2, 0.25) is 5.02 Å². The van der Waals surface area contributed by atoms with Crippen LogP contribution >= 0.6 is 23.4 Å². The lowest BCUT2D eigenvalue weighted by atomic mass is 10.1. The van der Waals surface area contributed by atoms with Crippen LogP contribution in [0.25, 0.3) is 6.08 Å². The van der Waals surface area contributed by atoms with Crippen molar-refractivity contribution in [3.63, 3.8) is 0 Å². The van der Waals surface area contributed by atoms with Gasteiger partial charge in [-0.25, -0.2) is 0 Å². The molecule has 0 saturated heterocycles. The lowest BCUT2D eigenvalue weighted by Crippen LogP contribution is -2.30.